The number of carbonyl (C=O) groups is 2. The Bertz CT molecular complexity index is 798. The molecular formula is C18H20N2O4S. The van der Waals surface area contributed by atoms with Gasteiger partial charge in [0, 0.05) is 17.7 Å². The number of furan rings is 1. The van der Waals surface area contributed by atoms with Crippen molar-refractivity contribution in [2.45, 2.75) is 33.1 Å². The van der Waals surface area contributed by atoms with Crippen LogP contribution in [-0.2, 0) is 4.79 Å². The standard InChI is InChI=1S/C18H20N2O4S/c1-3-4-5-16(21)20-18(25)19-12-7-6-11(2)13(10-12)14-8-9-15(24-14)17(22)23/h6-10H,3-5H2,1-2H3,(H,22,23)(H2,19,20,21,25). The summed E-state index contributed by atoms with van der Waals surface area (Å²) < 4.78 is 5.35. The minimum absolute atomic E-state index is 0.119. The Morgan fingerprint density at radius 2 is 2.00 bits per heavy atom. The van der Waals surface area contributed by atoms with Crippen LogP contribution in [0, 0.1) is 6.92 Å². The summed E-state index contributed by atoms with van der Waals surface area (Å²) >= 11 is 5.15. The molecule has 1 aromatic carbocycles. The monoisotopic (exact) mass is 360 g/mol. The van der Waals surface area contributed by atoms with Gasteiger partial charge in [0.1, 0.15) is 5.76 Å². The number of aryl methyl sites for hydroxylation is 1. The molecule has 0 fully saturated rings. The molecule has 1 amide bonds. The number of carboxylic acids is 1. The molecule has 0 aliphatic carbocycles. The molecule has 0 aliphatic rings. The summed E-state index contributed by atoms with van der Waals surface area (Å²) in [6.07, 6.45) is 2.19. The fourth-order valence-corrected chi connectivity index (χ4v) is 2.48. The third-order valence-electron chi connectivity index (χ3n) is 3.59. The molecular weight excluding hydrogens is 340 g/mol. The number of hydrogen-bond acceptors (Lipinski definition) is 4. The molecule has 25 heavy (non-hydrogen) atoms. The number of hydrogen-bond donors (Lipinski definition) is 3. The lowest BCUT2D eigenvalue weighted by Crippen LogP contribution is -2.33. The summed E-state index contributed by atoms with van der Waals surface area (Å²) in [6.45, 7) is 3.91. The quantitative estimate of drug-likeness (QED) is 0.676. The van der Waals surface area contributed by atoms with Crippen molar-refractivity contribution in [3.63, 3.8) is 0 Å². The Labute approximate surface area is 151 Å². The molecule has 0 spiro atoms. The van der Waals surface area contributed by atoms with Crippen molar-refractivity contribution >= 4 is 34.9 Å². The van der Waals surface area contributed by atoms with Crippen LogP contribution in [0.3, 0.4) is 0 Å². The van der Waals surface area contributed by atoms with E-state index >= 15 is 0 Å². The van der Waals surface area contributed by atoms with Crippen molar-refractivity contribution in [1.29, 1.82) is 0 Å². The van der Waals surface area contributed by atoms with Gasteiger partial charge in [-0.25, -0.2) is 4.79 Å². The first-order chi connectivity index (χ1) is 11.9. The first-order valence-electron chi connectivity index (χ1n) is 7.95. The molecule has 0 saturated carbocycles. The van der Waals surface area contributed by atoms with Gasteiger partial charge in [-0.15, -0.1) is 0 Å². The fourth-order valence-electron chi connectivity index (χ4n) is 2.25. The normalized spacial score (nSPS) is 10.3. The van der Waals surface area contributed by atoms with Crippen molar-refractivity contribution < 1.29 is 19.1 Å². The molecule has 1 heterocycles. The maximum absolute atomic E-state index is 11.7. The van der Waals surface area contributed by atoms with Crippen molar-refractivity contribution in [3.8, 4) is 11.3 Å². The van der Waals surface area contributed by atoms with E-state index in [2.05, 4.69) is 10.6 Å². The Kier molecular flexibility index (Phi) is 6.30. The van der Waals surface area contributed by atoms with E-state index in [1.54, 1.807) is 12.1 Å². The van der Waals surface area contributed by atoms with E-state index in [1.165, 1.54) is 6.07 Å². The van der Waals surface area contributed by atoms with Crippen molar-refractivity contribution in [3.05, 3.63) is 41.7 Å². The highest BCUT2D eigenvalue weighted by Gasteiger charge is 2.13. The summed E-state index contributed by atoms with van der Waals surface area (Å²) in [6, 6.07) is 8.51. The number of rotatable bonds is 6. The van der Waals surface area contributed by atoms with E-state index in [-0.39, 0.29) is 16.8 Å². The zero-order valence-corrected chi connectivity index (χ0v) is 14.9. The van der Waals surface area contributed by atoms with Gasteiger partial charge in [0.15, 0.2) is 5.11 Å². The van der Waals surface area contributed by atoms with Gasteiger partial charge in [0.2, 0.25) is 11.7 Å². The number of aromatic carboxylic acids is 1. The van der Waals surface area contributed by atoms with Gasteiger partial charge in [0.05, 0.1) is 0 Å². The fraction of sp³-hybridized carbons (Fsp3) is 0.278. The van der Waals surface area contributed by atoms with Crippen LogP contribution in [0.15, 0.2) is 34.7 Å². The predicted octanol–water partition coefficient (Wildman–Crippen LogP) is 3.96. The number of thiocarbonyl (C=S) groups is 1. The van der Waals surface area contributed by atoms with Gasteiger partial charge in [-0.3, -0.25) is 4.79 Å². The second kappa shape index (κ2) is 8.43. The molecule has 0 unspecified atom stereocenters. The van der Waals surface area contributed by atoms with Crippen LogP contribution < -0.4 is 10.6 Å². The highest BCUT2D eigenvalue weighted by molar-refractivity contribution is 7.80. The maximum atomic E-state index is 11.7. The number of carbonyl (C=O) groups excluding carboxylic acids is 1. The molecule has 0 aliphatic heterocycles. The van der Waals surface area contributed by atoms with Crippen LogP contribution >= 0.6 is 12.2 Å². The second-order valence-electron chi connectivity index (χ2n) is 5.60. The highest BCUT2D eigenvalue weighted by atomic mass is 32.1. The number of unbranched alkanes of at least 4 members (excludes halogenated alkanes) is 1. The van der Waals surface area contributed by atoms with Crippen LogP contribution in [0.2, 0.25) is 0 Å². The average molecular weight is 360 g/mol. The van der Waals surface area contributed by atoms with Crippen molar-refractivity contribution in [2.24, 2.45) is 0 Å². The molecule has 0 saturated heterocycles. The first kappa shape index (κ1) is 18.7. The average Bonchev–Trinajstić information content (AvgIpc) is 3.04. The molecule has 132 valence electrons. The maximum Gasteiger partial charge on any atom is 0.371 e. The lowest BCUT2D eigenvalue weighted by atomic mass is 10.1. The molecule has 1 aromatic heterocycles. The minimum Gasteiger partial charge on any atom is -0.475 e. The lowest BCUT2D eigenvalue weighted by Gasteiger charge is -2.11. The highest BCUT2D eigenvalue weighted by Crippen LogP contribution is 2.28. The Balaban J connectivity index is 2.11. The van der Waals surface area contributed by atoms with Crippen LogP contribution in [0.4, 0.5) is 5.69 Å². The Hall–Kier alpha value is -2.67. The minimum atomic E-state index is -1.12. The smallest absolute Gasteiger partial charge is 0.371 e. The zero-order valence-electron chi connectivity index (χ0n) is 14.1. The van der Waals surface area contributed by atoms with Crippen LogP contribution in [-0.4, -0.2) is 22.1 Å². The number of amides is 1. The van der Waals surface area contributed by atoms with Gasteiger partial charge >= 0.3 is 5.97 Å². The Morgan fingerprint density at radius 1 is 1.24 bits per heavy atom. The van der Waals surface area contributed by atoms with E-state index in [4.69, 9.17) is 21.7 Å². The van der Waals surface area contributed by atoms with Crippen LogP contribution in [0.25, 0.3) is 11.3 Å². The van der Waals surface area contributed by atoms with Crippen LogP contribution in [0.5, 0.6) is 0 Å². The van der Waals surface area contributed by atoms with Crippen molar-refractivity contribution in [2.75, 3.05) is 5.32 Å². The SMILES string of the molecule is CCCCC(=O)NC(=S)Nc1ccc(C)c(-c2ccc(C(=O)O)o2)c1. The van der Waals surface area contributed by atoms with E-state index in [0.29, 0.717) is 17.9 Å². The summed E-state index contributed by atoms with van der Waals surface area (Å²) in [5.74, 6) is -0.902. The summed E-state index contributed by atoms with van der Waals surface area (Å²) in [5, 5.41) is 14.8. The van der Waals surface area contributed by atoms with Gasteiger partial charge in [-0.05, 0) is 55.4 Å². The molecule has 2 rings (SSSR count). The number of nitrogens with one attached hydrogen (secondary N) is 2. The molecule has 7 heteroatoms. The zero-order chi connectivity index (χ0) is 18.4. The first-order valence-corrected chi connectivity index (χ1v) is 8.36. The van der Waals surface area contributed by atoms with Gasteiger partial charge in [-0.2, -0.15) is 0 Å². The molecule has 0 radical (unpaired) electrons. The number of anilines is 1. The molecule has 0 bridgehead atoms. The van der Waals surface area contributed by atoms with Crippen molar-refractivity contribution in [1.82, 2.24) is 5.32 Å². The molecule has 3 N–H and O–H groups in total. The summed E-state index contributed by atoms with van der Waals surface area (Å²) in [7, 11) is 0. The Morgan fingerprint density at radius 3 is 2.64 bits per heavy atom. The van der Waals surface area contributed by atoms with Gasteiger partial charge < -0.3 is 20.2 Å². The number of carboxylic acid groups (broad SMARTS) is 1. The summed E-state index contributed by atoms with van der Waals surface area (Å²) in [5.41, 5.74) is 2.35. The third kappa shape index (κ3) is 5.15. The molecule has 6 nitrogen and oxygen atoms in total. The third-order valence-corrected chi connectivity index (χ3v) is 3.79. The summed E-state index contributed by atoms with van der Waals surface area (Å²) in [4.78, 5) is 22.7. The molecule has 2 aromatic rings. The second-order valence-corrected chi connectivity index (χ2v) is 6.01. The van der Waals surface area contributed by atoms with E-state index in [9.17, 15) is 9.59 Å². The van der Waals surface area contributed by atoms with Crippen LogP contribution in [0.1, 0.15) is 42.3 Å². The largest absolute Gasteiger partial charge is 0.475 e. The van der Waals surface area contributed by atoms with Gasteiger partial charge in [-0.1, -0.05) is 19.4 Å². The van der Waals surface area contributed by atoms with Gasteiger partial charge in [0.25, 0.3) is 0 Å². The molecule has 0 atom stereocenters. The van der Waals surface area contributed by atoms with E-state index in [1.807, 2.05) is 26.0 Å². The number of benzene rings is 1. The predicted molar refractivity (Wildman–Crippen MR) is 99.7 cm³/mol. The van der Waals surface area contributed by atoms with E-state index < -0.39 is 5.97 Å². The lowest BCUT2D eigenvalue weighted by molar-refractivity contribution is -0.119. The topological polar surface area (TPSA) is 91.6 Å². The van der Waals surface area contributed by atoms with E-state index in [0.717, 1.165) is 24.0 Å².